The van der Waals surface area contributed by atoms with Crippen LogP contribution in [0.1, 0.15) is 11.3 Å². The standard InChI is InChI=1S/C17H13F3N4O/c18-17(19,20)11-3-1-10(2-4-11)12-9-24-13(15-21-7-8-22-15)5-6-14(24)16(25)23-12/h1-6,9H,7-8H2,(H,21,22)(H,23,25). The fourth-order valence-corrected chi connectivity index (χ4v) is 2.87. The van der Waals surface area contributed by atoms with Crippen LogP contribution in [0.2, 0.25) is 0 Å². The largest absolute Gasteiger partial charge is 0.416 e. The summed E-state index contributed by atoms with van der Waals surface area (Å²) in [5, 5.41) is 3.15. The average molecular weight is 346 g/mol. The number of amidine groups is 1. The van der Waals surface area contributed by atoms with Gasteiger partial charge >= 0.3 is 6.18 Å². The Hall–Kier alpha value is -3.03. The van der Waals surface area contributed by atoms with Crippen molar-refractivity contribution in [2.45, 2.75) is 6.18 Å². The molecule has 4 rings (SSSR count). The lowest BCUT2D eigenvalue weighted by Gasteiger charge is -2.09. The number of aromatic amines is 1. The Kier molecular flexibility index (Phi) is 3.41. The van der Waals surface area contributed by atoms with Gasteiger partial charge in [-0.2, -0.15) is 13.2 Å². The molecule has 25 heavy (non-hydrogen) atoms. The Morgan fingerprint density at radius 1 is 1.08 bits per heavy atom. The summed E-state index contributed by atoms with van der Waals surface area (Å²) in [6, 6.07) is 8.16. The lowest BCUT2D eigenvalue weighted by atomic mass is 10.1. The van der Waals surface area contributed by atoms with E-state index in [4.69, 9.17) is 0 Å². The van der Waals surface area contributed by atoms with Gasteiger partial charge in [0.05, 0.1) is 23.5 Å². The molecule has 0 amide bonds. The molecule has 5 nitrogen and oxygen atoms in total. The van der Waals surface area contributed by atoms with E-state index in [9.17, 15) is 18.0 Å². The molecule has 0 saturated carbocycles. The molecule has 0 spiro atoms. The van der Waals surface area contributed by atoms with Crippen LogP contribution in [0.5, 0.6) is 0 Å². The van der Waals surface area contributed by atoms with Crippen LogP contribution < -0.4 is 10.9 Å². The summed E-state index contributed by atoms with van der Waals surface area (Å²) in [6.45, 7) is 1.40. The van der Waals surface area contributed by atoms with E-state index in [-0.39, 0.29) is 5.56 Å². The molecular formula is C17H13F3N4O. The van der Waals surface area contributed by atoms with E-state index in [1.54, 1.807) is 22.7 Å². The van der Waals surface area contributed by atoms with Crippen molar-refractivity contribution in [2.75, 3.05) is 13.1 Å². The fourth-order valence-electron chi connectivity index (χ4n) is 2.87. The van der Waals surface area contributed by atoms with Crippen LogP contribution in [0.25, 0.3) is 16.8 Å². The minimum atomic E-state index is -4.39. The van der Waals surface area contributed by atoms with Crippen LogP contribution in [-0.2, 0) is 6.18 Å². The van der Waals surface area contributed by atoms with E-state index in [2.05, 4.69) is 15.3 Å². The van der Waals surface area contributed by atoms with Crippen LogP contribution in [-0.4, -0.2) is 28.3 Å². The van der Waals surface area contributed by atoms with E-state index >= 15 is 0 Å². The number of H-pyrrole nitrogens is 1. The molecule has 2 N–H and O–H groups in total. The smallest absolute Gasteiger partial charge is 0.367 e. The molecule has 0 saturated heterocycles. The van der Waals surface area contributed by atoms with Crippen molar-refractivity contribution in [3.8, 4) is 11.3 Å². The van der Waals surface area contributed by atoms with Gasteiger partial charge in [0.2, 0.25) is 0 Å². The third-order valence-electron chi connectivity index (χ3n) is 4.10. The Morgan fingerprint density at radius 3 is 2.48 bits per heavy atom. The maximum atomic E-state index is 12.7. The number of halogens is 3. The van der Waals surface area contributed by atoms with E-state index in [1.165, 1.54) is 12.1 Å². The first-order valence-electron chi connectivity index (χ1n) is 7.64. The van der Waals surface area contributed by atoms with E-state index < -0.39 is 11.7 Å². The van der Waals surface area contributed by atoms with Gasteiger partial charge in [-0.05, 0) is 29.8 Å². The SMILES string of the molecule is O=c1[nH]c(-c2ccc(C(F)(F)F)cc2)cn2c(C3=NCCN3)ccc12. The topological polar surface area (TPSA) is 61.7 Å². The molecule has 0 unspecified atom stereocenters. The number of aliphatic imine (C=N–C) groups is 1. The molecule has 1 aliphatic rings. The minimum absolute atomic E-state index is 0.317. The molecule has 0 atom stereocenters. The monoisotopic (exact) mass is 346 g/mol. The van der Waals surface area contributed by atoms with Gasteiger partial charge in [-0.1, -0.05) is 12.1 Å². The Labute approximate surface area is 139 Å². The second-order valence-electron chi connectivity index (χ2n) is 5.70. The minimum Gasteiger partial charge on any atom is -0.367 e. The predicted octanol–water partition coefficient (Wildman–Crippen LogP) is 2.66. The molecular weight excluding hydrogens is 333 g/mol. The highest BCUT2D eigenvalue weighted by molar-refractivity contribution is 5.99. The normalized spacial score (nSPS) is 14.6. The van der Waals surface area contributed by atoms with Crippen molar-refractivity contribution in [2.24, 2.45) is 4.99 Å². The molecule has 2 aromatic heterocycles. The summed E-state index contributed by atoms with van der Waals surface area (Å²) >= 11 is 0. The molecule has 3 heterocycles. The Morgan fingerprint density at radius 2 is 1.84 bits per heavy atom. The molecule has 8 heteroatoms. The molecule has 128 valence electrons. The van der Waals surface area contributed by atoms with Crippen LogP contribution in [0, 0.1) is 0 Å². The van der Waals surface area contributed by atoms with Crippen molar-refractivity contribution < 1.29 is 13.2 Å². The number of fused-ring (bicyclic) bond motifs is 1. The van der Waals surface area contributed by atoms with Gasteiger partial charge in [-0.15, -0.1) is 0 Å². The number of nitrogens with zero attached hydrogens (tertiary/aromatic N) is 2. The van der Waals surface area contributed by atoms with E-state index in [0.29, 0.717) is 29.2 Å². The number of benzene rings is 1. The van der Waals surface area contributed by atoms with Gasteiger partial charge in [0.15, 0.2) is 0 Å². The van der Waals surface area contributed by atoms with Crippen LogP contribution >= 0.6 is 0 Å². The maximum absolute atomic E-state index is 12.7. The average Bonchev–Trinajstić information content (AvgIpc) is 3.23. The van der Waals surface area contributed by atoms with Crippen molar-refractivity contribution in [3.63, 3.8) is 0 Å². The second-order valence-corrected chi connectivity index (χ2v) is 5.70. The van der Waals surface area contributed by atoms with Crippen LogP contribution in [0.15, 0.2) is 52.4 Å². The summed E-state index contributed by atoms with van der Waals surface area (Å²) in [5.74, 6) is 0.698. The second kappa shape index (κ2) is 5.51. The quantitative estimate of drug-likeness (QED) is 0.749. The highest BCUT2D eigenvalue weighted by Gasteiger charge is 2.30. The van der Waals surface area contributed by atoms with Crippen molar-refractivity contribution >= 4 is 11.4 Å². The van der Waals surface area contributed by atoms with E-state index in [0.717, 1.165) is 24.4 Å². The first-order valence-corrected chi connectivity index (χ1v) is 7.64. The number of alkyl halides is 3. The summed E-state index contributed by atoms with van der Waals surface area (Å²) in [7, 11) is 0. The van der Waals surface area contributed by atoms with Crippen molar-refractivity contribution in [1.82, 2.24) is 14.7 Å². The number of aromatic nitrogens is 2. The lowest BCUT2D eigenvalue weighted by molar-refractivity contribution is -0.137. The van der Waals surface area contributed by atoms with Gasteiger partial charge in [0.25, 0.3) is 5.56 Å². The Bertz CT molecular complexity index is 1030. The Balaban J connectivity index is 1.82. The maximum Gasteiger partial charge on any atom is 0.416 e. The molecule has 0 bridgehead atoms. The van der Waals surface area contributed by atoms with Gasteiger partial charge in [-0.25, -0.2) is 0 Å². The molecule has 0 radical (unpaired) electrons. The van der Waals surface area contributed by atoms with Crippen molar-refractivity contribution in [3.05, 3.63) is 64.2 Å². The first kappa shape index (κ1) is 15.5. The number of hydrogen-bond acceptors (Lipinski definition) is 3. The van der Waals surface area contributed by atoms with Gasteiger partial charge < -0.3 is 14.7 Å². The fraction of sp³-hybridized carbons (Fsp3) is 0.176. The molecule has 1 aromatic carbocycles. The zero-order valence-corrected chi connectivity index (χ0v) is 12.9. The highest BCUT2D eigenvalue weighted by Crippen LogP contribution is 2.30. The predicted molar refractivity (Wildman–Crippen MR) is 87.9 cm³/mol. The van der Waals surface area contributed by atoms with E-state index in [1.807, 2.05) is 0 Å². The molecule has 0 fully saturated rings. The third-order valence-corrected chi connectivity index (χ3v) is 4.10. The zero-order valence-electron chi connectivity index (χ0n) is 12.9. The van der Waals surface area contributed by atoms with Crippen molar-refractivity contribution in [1.29, 1.82) is 0 Å². The highest BCUT2D eigenvalue weighted by atomic mass is 19.4. The third kappa shape index (κ3) is 2.69. The summed E-state index contributed by atoms with van der Waals surface area (Å²) in [4.78, 5) is 19.4. The summed E-state index contributed by atoms with van der Waals surface area (Å²) in [5.41, 5.74) is 1.07. The van der Waals surface area contributed by atoms with Gasteiger partial charge in [0.1, 0.15) is 11.4 Å². The van der Waals surface area contributed by atoms with Gasteiger partial charge in [0, 0.05) is 12.7 Å². The van der Waals surface area contributed by atoms with Crippen LogP contribution in [0.4, 0.5) is 13.2 Å². The number of hydrogen-bond donors (Lipinski definition) is 2. The molecule has 1 aliphatic heterocycles. The molecule has 3 aromatic rings. The zero-order chi connectivity index (χ0) is 17.6. The number of nitrogens with one attached hydrogen (secondary N) is 2. The molecule has 0 aliphatic carbocycles. The lowest BCUT2D eigenvalue weighted by Crippen LogP contribution is -2.22. The summed E-state index contributed by atoms with van der Waals surface area (Å²) in [6.07, 6.45) is -2.70. The number of rotatable bonds is 2. The first-order chi connectivity index (χ1) is 11.9. The van der Waals surface area contributed by atoms with Crippen LogP contribution in [0.3, 0.4) is 0 Å². The summed E-state index contributed by atoms with van der Waals surface area (Å²) < 4.78 is 39.8. The van der Waals surface area contributed by atoms with Gasteiger partial charge in [-0.3, -0.25) is 9.79 Å².